The molecule has 0 spiro atoms. The third kappa shape index (κ3) is 3.80. The summed E-state index contributed by atoms with van der Waals surface area (Å²) in [6, 6.07) is 4.91. The zero-order chi connectivity index (χ0) is 16.2. The van der Waals surface area contributed by atoms with Crippen LogP contribution >= 0.6 is 0 Å². The SMILES string of the molecule is COc1ccc(S(=O)(=O)NCC2(CO)CCCCC2)c(C)c1. The van der Waals surface area contributed by atoms with Gasteiger partial charge in [0.15, 0.2) is 0 Å². The predicted molar refractivity (Wildman–Crippen MR) is 85.5 cm³/mol. The Balaban J connectivity index is 2.14. The lowest BCUT2D eigenvalue weighted by Crippen LogP contribution is -2.41. The molecule has 1 aliphatic rings. The smallest absolute Gasteiger partial charge is 0.240 e. The first-order chi connectivity index (χ1) is 10.4. The molecule has 1 fully saturated rings. The van der Waals surface area contributed by atoms with Gasteiger partial charge >= 0.3 is 0 Å². The van der Waals surface area contributed by atoms with E-state index in [1.165, 1.54) is 0 Å². The number of sulfonamides is 1. The van der Waals surface area contributed by atoms with Crippen molar-refractivity contribution in [2.24, 2.45) is 5.41 Å². The monoisotopic (exact) mass is 327 g/mol. The molecule has 0 aromatic heterocycles. The molecule has 0 amide bonds. The maximum absolute atomic E-state index is 12.5. The van der Waals surface area contributed by atoms with Gasteiger partial charge in [-0.1, -0.05) is 19.3 Å². The average Bonchev–Trinajstić information content (AvgIpc) is 2.53. The Morgan fingerprint density at radius 1 is 1.27 bits per heavy atom. The van der Waals surface area contributed by atoms with E-state index < -0.39 is 10.0 Å². The molecule has 2 rings (SSSR count). The molecule has 0 saturated heterocycles. The largest absolute Gasteiger partial charge is 0.497 e. The second-order valence-corrected chi connectivity index (χ2v) is 7.91. The molecule has 2 N–H and O–H groups in total. The second kappa shape index (κ2) is 6.98. The minimum atomic E-state index is -3.58. The van der Waals surface area contributed by atoms with Crippen molar-refractivity contribution in [3.63, 3.8) is 0 Å². The standard InChI is InChI=1S/C16H25NO4S/c1-13-10-14(21-2)6-7-15(13)22(19,20)17-11-16(12-18)8-4-3-5-9-16/h6-7,10,17-18H,3-5,8-9,11-12H2,1-2H3. The lowest BCUT2D eigenvalue weighted by molar-refractivity contribution is 0.0867. The third-order valence-electron chi connectivity index (χ3n) is 4.56. The van der Waals surface area contributed by atoms with E-state index in [2.05, 4.69) is 4.72 Å². The van der Waals surface area contributed by atoms with Crippen LogP contribution in [0.2, 0.25) is 0 Å². The molecule has 0 bridgehead atoms. The van der Waals surface area contributed by atoms with Crippen LogP contribution in [-0.4, -0.2) is 33.8 Å². The van der Waals surface area contributed by atoms with Gasteiger partial charge in [0.25, 0.3) is 0 Å². The number of hydrogen-bond acceptors (Lipinski definition) is 4. The molecule has 1 saturated carbocycles. The Morgan fingerprint density at radius 2 is 1.95 bits per heavy atom. The summed E-state index contributed by atoms with van der Waals surface area (Å²) in [5, 5.41) is 9.68. The van der Waals surface area contributed by atoms with Crippen LogP contribution in [-0.2, 0) is 10.0 Å². The number of aryl methyl sites for hydroxylation is 1. The number of benzene rings is 1. The number of methoxy groups -OCH3 is 1. The summed E-state index contributed by atoms with van der Waals surface area (Å²) < 4.78 is 32.8. The zero-order valence-electron chi connectivity index (χ0n) is 13.3. The van der Waals surface area contributed by atoms with Crippen LogP contribution in [0.25, 0.3) is 0 Å². The van der Waals surface area contributed by atoms with Gasteiger partial charge in [-0.15, -0.1) is 0 Å². The van der Waals surface area contributed by atoms with E-state index in [0.29, 0.717) is 11.3 Å². The normalized spacial score (nSPS) is 18.1. The first-order valence-electron chi connectivity index (χ1n) is 7.68. The number of aliphatic hydroxyl groups is 1. The van der Waals surface area contributed by atoms with Gasteiger partial charge < -0.3 is 9.84 Å². The highest BCUT2D eigenvalue weighted by molar-refractivity contribution is 7.89. The van der Waals surface area contributed by atoms with E-state index in [-0.39, 0.29) is 23.5 Å². The van der Waals surface area contributed by atoms with Crippen LogP contribution < -0.4 is 9.46 Å². The quantitative estimate of drug-likeness (QED) is 0.840. The van der Waals surface area contributed by atoms with Crippen molar-refractivity contribution in [3.8, 4) is 5.75 Å². The van der Waals surface area contributed by atoms with Gasteiger partial charge in [0, 0.05) is 18.6 Å². The highest BCUT2D eigenvalue weighted by atomic mass is 32.2. The Kier molecular flexibility index (Phi) is 5.47. The summed E-state index contributed by atoms with van der Waals surface area (Å²) in [7, 11) is -2.03. The van der Waals surface area contributed by atoms with Gasteiger partial charge in [0.1, 0.15) is 5.75 Å². The number of aliphatic hydroxyl groups excluding tert-OH is 1. The molecule has 0 heterocycles. The van der Waals surface area contributed by atoms with Gasteiger partial charge in [-0.2, -0.15) is 0 Å². The molecule has 0 atom stereocenters. The maximum Gasteiger partial charge on any atom is 0.240 e. The van der Waals surface area contributed by atoms with Crippen molar-refractivity contribution in [2.75, 3.05) is 20.3 Å². The maximum atomic E-state index is 12.5. The van der Waals surface area contributed by atoms with Gasteiger partial charge in [-0.25, -0.2) is 13.1 Å². The molecule has 1 aliphatic carbocycles. The van der Waals surface area contributed by atoms with Crippen LogP contribution in [0.3, 0.4) is 0 Å². The van der Waals surface area contributed by atoms with E-state index in [4.69, 9.17) is 4.74 Å². The minimum Gasteiger partial charge on any atom is -0.497 e. The summed E-state index contributed by atoms with van der Waals surface area (Å²) >= 11 is 0. The van der Waals surface area contributed by atoms with Crippen molar-refractivity contribution in [3.05, 3.63) is 23.8 Å². The molecule has 1 aromatic rings. The van der Waals surface area contributed by atoms with Crippen molar-refractivity contribution >= 4 is 10.0 Å². The summed E-state index contributed by atoms with van der Waals surface area (Å²) in [5.41, 5.74) is 0.333. The van der Waals surface area contributed by atoms with E-state index in [0.717, 1.165) is 32.1 Å². The summed E-state index contributed by atoms with van der Waals surface area (Å²) in [4.78, 5) is 0.261. The Morgan fingerprint density at radius 3 is 2.50 bits per heavy atom. The lowest BCUT2D eigenvalue weighted by atomic mass is 9.75. The number of ether oxygens (including phenoxy) is 1. The van der Waals surface area contributed by atoms with Crippen LogP contribution in [0.1, 0.15) is 37.7 Å². The summed E-state index contributed by atoms with van der Waals surface area (Å²) in [6.07, 6.45) is 4.99. The molecular weight excluding hydrogens is 302 g/mol. The first-order valence-corrected chi connectivity index (χ1v) is 9.16. The Bertz CT molecular complexity index is 607. The van der Waals surface area contributed by atoms with E-state index in [1.807, 2.05) is 0 Å². The first kappa shape index (κ1) is 17.2. The van der Waals surface area contributed by atoms with Crippen molar-refractivity contribution in [2.45, 2.75) is 43.9 Å². The molecule has 0 radical (unpaired) electrons. The van der Waals surface area contributed by atoms with Crippen LogP contribution in [0.5, 0.6) is 5.75 Å². The van der Waals surface area contributed by atoms with E-state index in [9.17, 15) is 13.5 Å². The average molecular weight is 327 g/mol. The summed E-state index contributed by atoms with van der Waals surface area (Å²) in [6.45, 7) is 2.06. The fraction of sp³-hybridized carbons (Fsp3) is 0.625. The molecule has 22 heavy (non-hydrogen) atoms. The number of rotatable bonds is 6. The van der Waals surface area contributed by atoms with Crippen molar-refractivity contribution in [1.29, 1.82) is 0 Å². The number of hydrogen-bond donors (Lipinski definition) is 2. The molecule has 0 unspecified atom stereocenters. The van der Waals surface area contributed by atoms with Crippen LogP contribution in [0.4, 0.5) is 0 Å². The molecule has 0 aliphatic heterocycles. The molecular formula is C16H25NO4S. The lowest BCUT2D eigenvalue weighted by Gasteiger charge is -2.35. The topological polar surface area (TPSA) is 75.6 Å². The van der Waals surface area contributed by atoms with Gasteiger partial charge in [0.05, 0.1) is 12.0 Å². The highest BCUT2D eigenvalue weighted by Gasteiger charge is 2.33. The zero-order valence-corrected chi connectivity index (χ0v) is 14.1. The molecule has 1 aromatic carbocycles. The van der Waals surface area contributed by atoms with Gasteiger partial charge in [-0.3, -0.25) is 0 Å². The fourth-order valence-corrected chi connectivity index (χ4v) is 4.45. The highest BCUT2D eigenvalue weighted by Crippen LogP contribution is 2.35. The van der Waals surface area contributed by atoms with Crippen LogP contribution in [0, 0.1) is 12.3 Å². The van der Waals surface area contributed by atoms with Gasteiger partial charge in [0.2, 0.25) is 10.0 Å². The van der Waals surface area contributed by atoms with Gasteiger partial charge in [-0.05, 0) is 43.5 Å². The molecule has 124 valence electrons. The van der Waals surface area contributed by atoms with E-state index in [1.54, 1.807) is 32.2 Å². The van der Waals surface area contributed by atoms with Crippen LogP contribution in [0.15, 0.2) is 23.1 Å². The Hall–Kier alpha value is -1.11. The molecule has 6 heteroatoms. The fourth-order valence-electron chi connectivity index (χ4n) is 3.07. The van der Waals surface area contributed by atoms with E-state index >= 15 is 0 Å². The minimum absolute atomic E-state index is 0.0249. The van der Waals surface area contributed by atoms with Crippen molar-refractivity contribution in [1.82, 2.24) is 4.72 Å². The third-order valence-corrected chi connectivity index (χ3v) is 6.12. The van der Waals surface area contributed by atoms with Crippen molar-refractivity contribution < 1.29 is 18.3 Å². The predicted octanol–water partition coefficient (Wildman–Crippen LogP) is 2.22. The Labute approximate surface area is 132 Å². The summed E-state index contributed by atoms with van der Waals surface area (Å²) in [5.74, 6) is 0.635. The number of nitrogens with one attached hydrogen (secondary N) is 1. The molecule has 5 nitrogen and oxygen atoms in total. The second-order valence-electron chi connectivity index (χ2n) is 6.17.